The Balaban J connectivity index is 1.63. The van der Waals surface area contributed by atoms with E-state index in [-0.39, 0.29) is 0 Å². The fraction of sp³-hybridized carbons (Fsp3) is 0.412. The number of rotatable bonds is 6. The van der Waals surface area contributed by atoms with Crippen molar-refractivity contribution in [1.29, 1.82) is 0 Å². The lowest BCUT2D eigenvalue weighted by atomic mass is 10.1. The first kappa shape index (κ1) is 16.2. The standard InChI is InChI=1S/C17H21N5O2/c1-11-8-14(17-19-21-22(4)20-17)9-12(2)16(11)23-7-5-6-15-10-18-13(3)24-15/h8-10H,5-7H2,1-4H3. The minimum atomic E-state index is 0.621. The maximum Gasteiger partial charge on any atom is 0.204 e. The molecule has 0 bridgehead atoms. The molecule has 3 rings (SSSR count). The van der Waals surface area contributed by atoms with Gasteiger partial charge in [0.05, 0.1) is 19.9 Å². The first-order valence-corrected chi connectivity index (χ1v) is 7.92. The lowest BCUT2D eigenvalue weighted by molar-refractivity contribution is 0.302. The second kappa shape index (κ2) is 6.82. The van der Waals surface area contributed by atoms with Crippen molar-refractivity contribution in [3.63, 3.8) is 0 Å². The van der Waals surface area contributed by atoms with Crippen molar-refractivity contribution >= 4 is 0 Å². The van der Waals surface area contributed by atoms with Crippen molar-refractivity contribution in [3.05, 3.63) is 41.1 Å². The van der Waals surface area contributed by atoms with Crippen LogP contribution in [-0.2, 0) is 13.5 Å². The van der Waals surface area contributed by atoms with Gasteiger partial charge >= 0.3 is 0 Å². The summed E-state index contributed by atoms with van der Waals surface area (Å²) in [6.07, 6.45) is 3.47. The van der Waals surface area contributed by atoms with Crippen molar-refractivity contribution in [3.8, 4) is 17.1 Å². The monoisotopic (exact) mass is 327 g/mol. The van der Waals surface area contributed by atoms with E-state index in [0.29, 0.717) is 18.3 Å². The molecule has 0 N–H and O–H groups in total. The quantitative estimate of drug-likeness (QED) is 0.648. The van der Waals surface area contributed by atoms with E-state index in [4.69, 9.17) is 9.15 Å². The molecule has 0 atom stereocenters. The van der Waals surface area contributed by atoms with Crippen LogP contribution in [0.15, 0.2) is 22.7 Å². The fourth-order valence-corrected chi connectivity index (χ4v) is 2.65. The first-order chi connectivity index (χ1) is 11.5. The molecule has 7 heteroatoms. The van der Waals surface area contributed by atoms with Crippen LogP contribution in [0.25, 0.3) is 11.4 Å². The Kier molecular flexibility index (Phi) is 4.59. The molecule has 0 unspecified atom stereocenters. The van der Waals surface area contributed by atoms with Crippen molar-refractivity contribution in [2.45, 2.75) is 33.6 Å². The van der Waals surface area contributed by atoms with E-state index in [9.17, 15) is 0 Å². The number of benzene rings is 1. The number of hydrogen-bond acceptors (Lipinski definition) is 6. The van der Waals surface area contributed by atoms with Gasteiger partial charge < -0.3 is 9.15 Å². The second-order valence-electron chi connectivity index (χ2n) is 5.84. The van der Waals surface area contributed by atoms with Crippen LogP contribution >= 0.6 is 0 Å². The lowest BCUT2D eigenvalue weighted by Crippen LogP contribution is -2.02. The van der Waals surface area contributed by atoms with E-state index >= 15 is 0 Å². The van der Waals surface area contributed by atoms with E-state index in [0.717, 1.165) is 41.0 Å². The summed E-state index contributed by atoms with van der Waals surface area (Å²) in [5.74, 6) is 3.13. The molecule has 1 aromatic carbocycles. The Labute approximate surface area is 140 Å². The van der Waals surface area contributed by atoms with Crippen LogP contribution in [-0.4, -0.2) is 31.8 Å². The number of ether oxygens (including phenoxy) is 1. The van der Waals surface area contributed by atoms with Crippen molar-refractivity contribution in [2.75, 3.05) is 6.61 Å². The molecule has 0 saturated carbocycles. The minimum Gasteiger partial charge on any atom is -0.493 e. The van der Waals surface area contributed by atoms with Gasteiger partial charge in [-0.1, -0.05) is 0 Å². The van der Waals surface area contributed by atoms with E-state index < -0.39 is 0 Å². The Hall–Kier alpha value is -2.70. The summed E-state index contributed by atoms with van der Waals surface area (Å²) in [6.45, 7) is 6.54. The summed E-state index contributed by atoms with van der Waals surface area (Å²) in [5, 5.41) is 12.2. The minimum absolute atomic E-state index is 0.621. The molecular weight excluding hydrogens is 306 g/mol. The maximum atomic E-state index is 5.97. The Morgan fingerprint density at radius 2 is 1.92 bits per heavy atom. The van der Waals surface area contributed by atoms with Crippen LogP contribution in [0.1, 0.15) is 29.2 Å². The number of tetrazole rings is 1. The van der Waals surface area contributed by atoms with E-state index in [1.807, 2.05) is 32.9 Å². The van der Waals surface area contributed by atoms with Gasteiger partial charge in [-0.2, -0.15) is 4.80 Å². The van der Waals surface area contributed by atoms with Gasteiger partial charge in [0.1, 0.15) is 11.5 Å². The summed E-state index contributed by atoms with van der Waals surface area (Å²) < 4.78 is 11.4. The number of aromatic nitrogens is 5. The van der Waals surface area contributed by atoms with Gasteiger partial charge in [0.2, 0.25) is 5.82 Å². The Morgan fingerprint density at radius 1 is 1.17 bits per heavy atom. The molecule has 0 aliphatic carbocycles. The lowest BCUT2D eigenvalue weighted by Gasteiger charge is -2.13. The molecule has 0 amide bonds. The van der Waals surface area contributed by atoms with Crippen LogP contribution in [0.4, 0.5) is 0 Å². The van der Waals surface area contributed by atoms with Crippen LogP contribution in [0.2, 0.25) is 0 Å². The van der Waals surface area contributed by atoms with Gasteiger partial charge in [0, 0.05) is 18.9 Å². The molecule has 24 heavy (non-hydrogen) atoms. The third-order valence-corrected chi connectivity index (χ3v) is 3.71. The third-order valence-electron chi connectivity index (χ3n) is 3.71. The van der Waals surface area contributed by atoms with Crippen molar-refractivity contribution < 1.29 is 9.15 Å². The van der Waals surface area contributed by atoms with Gasteiger partial charge in [0.15, 0.2) is 5.89 Å². The van der Waals surface area contributed by atoms with Crippen LogP contribution in [0, 0.1) is 20.8 Å². The van der Waals surface area contributed by atoms with Gasteiger partial charge in [-0.05, 0) is 48.7 Å². The molecule has 0 radical (unpaired) electrons. The zero-order valence-electron chi connectivity index (χ0n) is 14.4. The number of hydrogen-bond donors (Lipinski definition) is 0. The highest BCUT2D eigenvalue weighted by Gasteiger charge is 2.11. The molecule has 3 aromatic rings. The molecular formula is C17H21N5O2. The summed E-state index contributed by atoms with van der Waals surface area (Å²) in [6, 6.07) is 4.05. The predicted molar refractivity (Wildman–Crippen MR) is 88.8 cm³/mol. The predicted octanol–water partition coefficient (Wildman–Crippen LogP) is 2.80. The number of nitrogens with zero attached hydrogens (tertiary/aromatic N) is 5. The van der Waals surface area contributed by atoms with Crippen molar-refractivity contribution in [2.24, 2.45) is 7.05 Å². The summed E-state index contributed by atoms with van der Waals surface area (Å²) in [5.41, 5.74) is 3.07. The Morgan fingerprint density at radius 3 is 2.50 bits per heavy atom. The van der Waals surface area contributed by atoms with E-state index in [1.54, 1.807) is 13.2 Å². The average Bonchev–Trinajstić information content (AvgIpc) is 3.14. The van der Waals surface area contributed by atoms with Gasteiger partial charge in [-0.15, -0.1) is 10.2 Å². The molecule has 2 aromatic heterocycles. The average molecular weight is 327 g/mol. The van der Waals surface area contributed by atoms with Gasteiger partial charge in [-0.3, -0.25) is 0 Å². The molecule has 0 fully saturated rings. The maximum absolute atomic E-state index is 5.97. The summed E-state index contributed by atoms with van der Waals surface area (Å²) in [4.78, 5) is 5.55. The van der Waals surface area contributed by atoms with Gasteiger partial charge in [0.25, 0.3) is 0 Å². The summed E-state index contributed by atoms with van der Waals surface area (Å²) >= 11 is 0. The molecule has 0 saturated heterocycles. The second-order valence-corrected chi connectivity index (χ2v) is 5.84. The third kappa shape index (κ3) is 3.61. The van der Waals surface area contributed by atoms with Crippen LogP contribution in [0.3, 0.4) is 0 Å². The molecule has 0 aliphatic heterocycles. The van der Waals surface area contributed by atoms with Gasteiger partial charge in [-0.25, -0.2) is 4.98 Å². The molecule has 0 spiro atoms. The highest BCUT2D eigenvalue weighted by Crippen LogP contribution is 2.28. The number of oxazole rings is 1. The zero-order valence-corrected chi connectivity index (χ0v) is 14.4. The van der Waals surface area contributed by atoms with Crippen molar-refractivity contribution in [1.82, 2.24) is 25.2 Å². The topological polar surface area (TPSA) is 78.9 Å². The normalized spacial score (nSPS) is 11.0. The molecule has 2 heterocycles. The van der Waals surface area contributed by atoms with E-state index in [1.165, 1.54) is 4.80 Å². The SMILES string of the molecule is Cc1ncc(CCCOc2c(C)cc(-c3nnn(C)n3)cc2C)o1. The largest absolute Gasteiger partial charge is 0.493 e. The van der Waals surface area contributed by atoms with Crippen LogP contribution < -0.4 is 4.74 Å². The number of aryl methyl sites for hydroxylation is 5. The Bertz CT molecular complexity index is 814. The van der Waals surface area contributed by atoms with E-state index in [2.05, 4.69) is 20.4 Å². The molecule has 126 valence electrons. The molecule has 0 aliphatic rings. The smallest absolute Gasteiger partial charge is 0.204 e. The first-order valence-electron chi connectivity index (χ1n) is 7.92. The molecule has 7 nitrogen and oxygen atoms in total. The fourth-order valence-electron chi connectivity index (χ4n) is 2.65. The zero-order chi connectivity index (χ0) is 17.1. The van der Waals surface area contributed by atoms with Crippen LogP contribution in [0.5, 0.6) is 5.75 Å². The highest BCUT2D eigenvalue weighted by atomic mass is 16.5. The summed E-state index contributed by atoms with van der Waals surface area (Å²) in [7, 11) is 1.75. The highest BCUT2D eigenvalue weighted by molar-refractivity contribution is 5.60.